The maximum Gasteiger partial charge on any atom is 0.227 e. The summed E-state index contributed by atoms with van der Waals surface area (Å²) >= 11 is 0. The van der Waals surface area contributed by atoms with Gasteiger partial charge in [0.2, 0.25) is 5.91 Å². The van der Waals surface area contributed by atoms with Crippen LogP contribution in [0.15, 0.2) is 43.0 Å². The number of aliphatic hydroxyl groups excluding tert-OH is 1. The van der Waals surface area contributed by atoms with Crippen LogP contribution in [0.1, 0.15) is 12.0 Å². The van der Waals surface area contributed by atoms with Crippen molar-refractivity contribution >= 4 is 11.6 Å². The van der Waals surface area contributed by atoms with Crippen LogP contribution < -0.4 is 4.90 Å². The molecule has 1 N–H and O–H groups in total. The van der Waals surface area contributed by atoms with Crippen LogP contribution in [0, 0.1) is 5.92 Å². The Bertz CT molecular complexity index is 595. The largest absolute Gasteiger partial charge is 0.396 e. The predicted octanol–water partition coefficient (Wildman–Crippen LogP) is 1.28. The van der Waals surface area contributed by atoms with Crippen LogP contribution in [-0.4, -0.2) is 33.7 Å². The van der Waals surface area contributed by atoms with E-state index >= 15 is 0 Å². The minimum atomic E-state index is 0.0554. The first-order valence-electron chi connectivity index (χ1n) is 6.72. The first kappa shape index (κ1) is 12.9. The second-order valence-electron chi connectivity index (χ2n) is 5.16. The van der Waals surface area contributed by atoms with Crippen molar-refractivity contribution < 1.29 is 9.90 Å². The average molecular weight is 271 g/mol. The number of anilines is 1. The van der Waals surface area contributed by atoms with Crippen LogP contribution in [0.3, 0.4) is 0 Å². The molecule has 1 atom stereocenters. The molecule has 1 fully saturated rings. The van der Waals surface area contributed by atoms with Crippen LogP contribution in [0.2, 0.25) is 0 Å². The molecule has 2 heterocycles. The molecule has 3 rings (SSSR count). The molecule has 1 unspecified atom stereocenters. The SMILES string of the molecule is O=C1CC(CO)CN1c1cccc(Cn2ccnc2)c1. The maximum absolute atomic E-state index is 12.0. The Kier molecular flexibility index (Phi) is 3.52. The van der Waals surface area contributed by atoms with Crippen LogP contribution in [0.5, 0.6) is 0 Å². The first-order valence-corrected chi connectivity index (χ1v) is 6.72. The summed E-state index contributed by atoms with van der Waals surface area (Å²) in [4.78, 5) is 17.8. The van der Waals surface area contributed by atoms with Crippen molar-refractivity contribution in [1.29, 1.82) is 0 Å². The molecule has 5 nitrogen and oxygen atoms in total. The third kappa shape index (κ3) is 2.58. The van der Waals surface area contributed by atoms with Gasteiger partial charge in [-0.25, -0.2) is 4.98 Å². The highest BCUT2D eigenvalue weighted by Crippen LogP contribution is 2.25. The summed E-state index contributed by atoms with van der Waals surface area (Å²) in [5.41, 5.74) is 2.03. The second kappa shape index (κ2) is 5.46. The zero-order chi connectivity index (χ0) is 13.9. The lowest BCUT2D eigenvalue weighted by Crippen LogP contribution is -2.25. The Morgan fingerprint density at radius 3 is 3.00 bits per heavy atom. The Morgan fingerprint density at radius 1 is 1.40 bits per heavy atom. The van der Waals surface area contributed by atoms with Crippen LogP contribution in [0.4, 0.5) is 5.69 Å². The third-order valence-corrected chi connectivity index (χ3v) is 3.61. The summed E-state index contributed by atoms with van der Waals surface area (Å²) in [6, 6.07) is 7.96. The molecule has 1 saturated heterocycles. The second-order valence-corrected chi connectivity index (χ2v) is 5.16. The fraction of sp³-hybridized carbons (Fsp3) is 0.333. The smallest absolute Gasteiger partial charge is 0.227 e. The Hall–Kier alpha value is -2.14. The third-order valence-electron chi connectivity index (χ3n) is 3.61. The summed E-state index contributed by atoms with van der Waals surface area (Å²) in [5, 5.41) is 9.19. The van der Waals surface area contributed by atoms with E-state index in [0.717, 1.165) is 17.8 Å². The molecule has 1 aliphatic rings. The Labute approximate surface area is 117 Å². The number of carbonyl (C=O) groups is 1. The van der Waals surface area contributed by atoms with Gasteiger partial charge in [0.05, 0.1) is 6.33 Å². The fourth-order valence-electron chi connectivity index (χ4n) is 2.57. The minimum Gasteiger partial charge on any atom is -0.396 e. The molecule has 0 radical (unpaired) electrons. The van der Waals surface area contributed by atoms with Crippen molar-refractivity contribution in [2.75, 3.05) is 18.1 Å². The van der Waals surface area contributed by atoms with E-state index in [0.29, 0.717) is 13.0 Å². The van der Waals surface area contributed by atoms with E-state index in [1.807, 2.05) is 35.0 Å². The predicted molar refractivity (Wildman–Crippen MR) is 75.3 cm³/mol. The van der Waals surface area contributed by atoms with E-state index in [4.69, 9.17) is 0 Å². The molecule has 1 amide bonds. The molecule has 0 saturated carbocycles. The minimum absolute atomic E-state index is 0.0554. The molecule has 0 spiro atoms. The van der Waals surface area contributed by atoms with Gasteiger partial charge in [0.1, 0.15) is 0 Å². The molecule has 1 aliphatic heterocycles. The normalized spacial score (nSPS) is 18.8. The first-order chi connectivity index (χ1) is 9.76. The summed E-state index contributed by atoms with van der Waals surface area (Å²) in [6.45, 7) is 1.40. The number of imidazole rings is 1. The van der Waals surface area contributed by atoms with Crippen molar-refractivity contribution in [3.05, 3.63) is 48.5 Å². The summed E-state index contributed by atoms with van der Waals surface area (Å²) in [6.07, 6.45) is 5.87. The molecular weight excluding hydrogens is 254 g/mol. The van der Waals surface area contributed by atoms with E-state index in [9.17, 15) is 9.90 Å². The number of carbonyl (C=O) groups excluding carboxylic acids is 1. The Balaban J connectivity index is 1.79. The van der Waals surface area contributed by atoms with E-state index < -0.39 is 0 Å². The van der Waals surface area contributed by atoms with Crippen molar-refractivity contribution in [3.63, 3.8) is 0 Å². The Morgan fingerprint density at radius 2 is 2.30 bits per heavy atom. The number of rotatable bonds is 4. The van der Waals surface area contributed by atoms with Gasteiger partial charge in [0.25, 0.3) is 0 Å². The van der Waals surface area contributed by atoms with Gasteiger partial charge >= 0.3 is 0 Å². The van der Waals surface area contributed by atoms with E-state index in [1.165, 1.54) is 0 Å². The number of amides is 1. The van der Waals surface area contributed by atoms with Crippen LogP contribution >= 0.6 is 0 Å². The molecular formula is C15H17N3O2. The van der Waals surface area contributed by atoms with E-state index in [1.54, 1.807) is 17.4 Å². The summed E-state index contributed by atoms with van der Waals surface area (Å²) in [5.74, 6) is 0.142. The van der Waals surface area contributed by atoms with Crippen molar-refractivity contribution in [2.24, 2.45) is 5.92 Å². The highest BCUT2D eigenvalue weighted by molar-refractivity contribution is 5.95. The summed E-state index contributed by atoms with van der Waals surface area (Å²) < 4.78 is 1.99. The zero-order valence-corrected chi connectivity index (χ0v) is 11.1. The molecule has 1 aromatic carbocycles. The molecule has 0 bridgehead atoms. The quantitative estimate of drug-likeness (QED) is 0.911. The van der Waals surface area contributed by atoms with E-state index in [2.05, 4.69) is 4.98 Å². The molecule has 5 heteroatoms. The number of aliphatic hydroxyl groups is 1. The average Bonchev–Trinajstić information content (AvgIpc) is 3.08. The van der Waals surface area contributed by atoms with Crippen molar-refractivity contribution in [2.45, 2.75) is 13.0 Å². The van der Waals surface area contributed by atoms with Crippen molar-refractivity contribution in [3.8, 4) is 0 Å². The number of aromatic nitrogens is 2. The number of nitrogens with zero attached hydrogens (tertiary/aromatic N) is 3. The lowest BCUT2D eigenvalue weighted by Gasteiger charge is -2.17. The van der Waals surface area contributed by atoms with Gasteiger partial charge in [-0.15, -0.1) is 0 Å². The zero-order valence-electron chi connectivity index (χ0n) is 11.1. The topological polar surface area (TPSA) is 58.4 Å². The van der Waals surface area contributed by atoms with Gasteiger partial charge in [-0.2, -0.15) is 0 Å². The number of benzene rings is 1. The van der Waals surface area contributed by atoms with Crippen molar-refractivity contribution in [1.82, 2.24) is 9.55 Å². The van der Waals surface area contributed by atoms with Gasteiger partial charge in [-0.1, -0.05) is 12.1 Å². The highest BCUT2D eigenvalue weighted by Gasteiger charge is 2.29. The van der Waals surface area contributed by atoms with E-state index in [-0.39, 0.29) is 18.4 Å². The van der Waals surface area contributed by atoms with Crippen LogP contribution in [-0.2, 0) is 11.3 Å². The van der Waals surface area contributed by atoms with Gasteiger partial charge in [0, 0.05) is 50.1 Å². The van der Waals surface area contributed by atoms with Gasteiger partial charge < -0.3 is 14.6 Å². The lowest BCUT2D eigenvalue weighted by molar-refractivity contribution is -0.117. The van der Waals surface area contributed by atoms with Crippen LogP contribution in [0.25, 0.3) is 0 Å². The molecule has 0 aliphatic carbocycles. The molecule has 2 aromatic rings. The fourth-order valence-corrected chi connectivity index (χ4v) is 2.57. The number of hydrogen-bond donors (Lipinski definition) is 1. The monoisotopic (exact) mass is 271 g/mol. The molecule has 20 heavy (non-hydrogen) atoms. The molecule has 104 valence electrons. The lowest BCUT2D eigenvalue weighted by atomic mass is 10.1. The standard InChI is InChI=1S/C15H17N3O2/c19-10-13-7-15(20)18(9-13)14-3-1-2-12(6-14)8-17-5-4-16-11-17/h1-6,11,13,19H,7-10H2. The van der Waals surface area contributed by atoms with Gasteiger partial charge in [0.15, 0.2) is 0 Å². The highest BCUT2D eigenvalue weighted by atomic mass is 16.3. The van der Waals surface area contributed by atoms with Gasteiger partial charge in [-0.05, 0) is 17.7 Å². The summed E-state index contributed by atoms with van der Waals surface area (Å²) in [7, 11) is 0. The molecule has 1 aromatic heterocycles. The van der Waals surface area contributed by atoms with Gasteiger partial charge in [-0.3, -0.25) is 4.79 Å². The maximum atomic E-state index is 12.0. The number of hydrogen-bond acceptors (Lipinski definition) is 3.